The number of rotatable bonds is 6. The van der Waals surface area contributed by atoms with E-state index in [1.165, 1.54) is 4.88 Å². The third-order valence-corrected chi connectivity index (χ3v) is 5.84. The van der Waals surface area contributed by atoms with E-state index in [2.05, 4.69) is 11.4 Å². The summed E-state index contributed by atoms with van der Waals surface area (Å²) in [6.07, 6.45) is 0. The molecule has 2 aromatic carbocycles. The first-order valence-corrected chi connectivity index (χ1v) is 9.97. The number of benzene rings is 2. The molecule has 0 fully saturated rings. The SMILES string of the molecule is COc1cc2c(cc1NC(=O)[C@H](C)N(C)Cc1cccs1)oc1ccccc12. The number of fused-ring (bicyclic) bond motifs is 3. The molecule has 0 radical (unpaired) electrons. The number of anilines is 1. The molecule has 1 N–H and O–H groups in total. The van der Waals surface area contributed by atoms with Crippen LogP contribution in [0.1, 0.15) is 11.8 Å². The van der Waals surface area contributed by atoms with Crippen LogP contribution in [0.3, 0.4) is 0 Å². The van der Waals surface area contributed by atoms with Gasteiger partial charge in [-0.25, -0.2) is 0 Å². The molecule has 0 aliphatic heterocycles. The maximum absolute atomic E-state index is 12.8. The Hall–Kier alpha value is -2.83. The minimum Gasteiger partial charge on any atom is -0.495 e. The molecule has 144 valence electrons. The van der Waals surface area contributed by atoms with Gasteiger partial charge >= 0.3 is 0 Å². The molecule has 2 heterocycles. The lowest BCUT2D eigenvalue weighted by molar-refractivity contribution is -0.120. The topological polar surface area (TPSA) is 54.7 Å². The van der Waals surface area contributed by atoms with Crippen molar-refractivity contribution in [1.29, 1.82) is 0 Å². The highest BCUT2D eigenvalue weighted by atomic mass is 32.1. The summed E-state index contributed by atoms with van der Waals surface area (Å²) < 4.78 is 11.5. The van der Waals surface area contributed by atoms with Crippen molar-refractivity contribution in [3.05, 3.63) is 58.8 Å². The molecule has 0 saturated heterocycles. The molecule has 0 bridgehead atoms. The van der Waals surface area contributed by atoms with E-state index in [0.717, 1.165) is 28.5 Å². The normalized spacial score (nSPS) is 12.6. The van der Waals surface area contributed by atoms with Gasteiger partial charge in [0.15, 0.2) is 0 Å². The van der Waals surface area contributed by atoms with Gasteiger partial charge in [-0.05, 0) is 37.6 Å². The fourth-order valence-corrected chi connectivity index (χ4v) is 4.01. The maximum Gasteiger partial charge on any atom is 0.241 e. The number of nitrogens with zero attached hydrogens (tertiary/aromatic N) is 1. The molecule has 0 aliphatic carbocycles. The van der Waals surface area contributed by atoms with E-state index in [4.69, 9.17) is 9.15 Å². The number of para-hydroxylation sites is 1. The smallest absolute Gasteiger partial charge is 0.241 e. The van der Waals surface area contributed by atoms with Gasteiger partial charge in [0, 0.05) is 28.3 Å². The summed E-state index contributed by atoms with van der Waals surface area (Å²) in [5.74, 6) is 0.522. The zero-order chi connectivity index (χ0) is 19.7. The summed E-state index contributed by atoms with van der Waals surface area (Å²) in [6, 6.07) is 15.4. The molecule has 2 aromatic heterocycles. The van der Waals surface area contributed by atoms with Crippen molar-refractivity contribution >= 4 is 44.9 Å². The van der Waals surface area contributed by atoms with Gasteiger partial charge in [-0.3, -0.25) is 9.69 Å². The predicted octanol–water partition coefficient (Wildman–Crippen LogP) is 5.12. The molecule has 0 unspecified atom stereocenters. The van der Waals surface area contributed by atoms with Crippen LogP contribution in [0.15, 0.2) is 58.3 Å². The van der Waals surface area contributed by atoms with Gasteiger partial charge in [0.1, 0.15) is 16.9 Å². The van der Waals surface area contributed by atoms with Gasteiger partial charge < -0.3 is 14.5 Å². The number of furan rings is 1. The summed E-state index contributed by atoms with van der Waals surface area (Å²) in [4.78, 5) is 16.1. The van der Waals surface area contributed by atoms with Crippen LogP contribution in [-0.4, -0.2) is 31.0 Å². The molecule has 4 rings (SSSR count). The fraction of sp³-hybridized carbons (Fsp3) is 0.227. The van der Waals surface area contributed by atoms with Crippen molar-refractivity contribution in [3.63, 3.8) is 0 Å². The fourth-order valence-electron chi connectivity index (χ4n) is 3.24. The molecule has 6 heteroatoms. The van der Waals surface area contributed by atoms with Crippen LogP contribution < -0.4 is 10.1 Å². The zero-order valence-corrected chi connectivity index (χ0v) is 16.9. The number of carbonyl (C=O) groups is 1. The van der Waals surface area contributed by atoms with Crippen LogP contribution in [0.25, 0.3) is 21.9 Å². The van der Waals surface area contributed by atoms with Gasteiger partial charge in [0.2, 0.25) is 5.91 Å². The van der Waals surface area contributed by atoms with Gasteiger partial charge in [0.05, 0.1) is 18.8 Å². The number of thiophene rings is 1. The quantitative estimate of drug-likeness (QED) is 0.493. The minimum atomic E-state index is -0.293. The zero-order valence-electron chi connectivity index (χ0n) is 16.1. The molecule has 28 heavy (non-hydrogen) atoms. The molecule has 4 aromatic rings. The van der Waals surface area contributed by atoms with Gasteiger partial charge in [-0.15, -0.1) is 11.3 Å². The number of methoxy groups -OCH3 is 1. The molecule has 0 spiro atoms. The van der Waals surface area contributed by atoms with Crippen molar-refractivity contribution < 1.29 is 13.9 Å². The summed E-state index contributed by atoms with van der Waals surface area (Å²) in [6.45, 7) is 2.63. The largest absolute Gasteiger partial charge is 0.495 e. The average molecular weight is 394 g/mol. The van der Waals surface area contributed by atoms with Gasteiger partial charge in [0.25, 0.3) is 0 Å². The Labute approximate surface area is 167 Å². The number of carbonyl (C=O) groups excluding carboxylic acids is 1. The van der Waals surface area contributed by atoms with Crippen LogP contribution in [0.5, 0.6) is 5.75 Å². The van der Waals surface area contributed by atoms with Crippen molar-refractivity contribution in [2.24, 2.45) is 0 Å². The Bertz CT molecular complexity index is 1120. The van der Waals surface area contributed by atoms with E-state index in [1.807, 2.05) is 66.7 Å². The predicted molar refractivity (Wildman–Crippen MR) is 114 cm³/mol. The monoisotopic (exact) mass is 394 g/mol. The van der Waals surface area contributed by atoms with Crippen molar-refractivity contribution in [1.82, 2.24) is 4.90 Å². The lowest BCUT2D eigenvalue weighted by Gasteiger charge is -2.23. The van der Waals surface area contributed by atoms with Crippen LogP contribution in [0, 0.1) is 0 Å². The second-order valence-electron chi connectivity index (χ2n) is 6.81. The molecule has 1 amide bonds. The lowest BCUT2D eigenvalue weighted by Crippen LogP contribution is -2.39. The van der Waals surface area contributed by atoms with Crippen LogP contribution in [0.4, 0.5) is 5.69 Å². The van der Waals surface area contributed by atoms with E-state index in [1.54, 1.807) is 18.4 Å². The molecular formula is C22H22N2O3S. The number of amides is 1. The Kier molecular flexibility index (Phi) is 5.07. The Morgan fingerprint density at radius 2 is 2.00 bits per heavy atom. The van der Waals surface area contributed by atoms with Gasteiger partial charge in [-0.1, -0.05) is 24.3 Å². The highest BCUT2D eigenvalue weighted by molar-refractivity contribution is 7.09. The second kappa shape index (κ2) is 7.66. The van der Waals surface area contributed by atoms with Crippen LogP contribution >= 0.6 is 11.3 Å². The van der Waals surface area contributed by atoms with E-state index in [0.29, 0.717) is 11.4 Å². The Morgan fingerprint density at radius 3 is 2.75 bits per heavy atom. The maximum atomic E-state index is 12.8. The summed E-state index contributed by atoms with van der Waals surface area (Å²) in [7, 11) is 3.55. The van der Waals surface area contributed by atoms with E-state index < -0.39 is 0 Å². The van der Waals surface area contributed by atoms with E-state index in [9.17, 15) is 4.79 Å². The first-order valence-electron chi connectivity index (χ1n) is 9.09. The first-order chi connectivity index (χ1) is 13.6. The highest BCUT2D eigenvalue weighted by Gasteiger charge is 2.21. The number of likely N-dealkylation sites (N-methyl/N-ethyl adjacent to an activating group) is 1. The molecule has 1 atom stereocenters. The Balaban J connectivity index is 1.59. The molecular weight excluding hydrogens is 372 g/mol. The van der Waals surface area contributed by atoms with E-state index >= 15 is 0 Å². The average Bonchev–Trinajstić information content (AvgIpc) is 3.33. The van der Waals surface area contributed by atoms with Gasteiger partial charge in [-0.2, -0.15) is 0 Å². The first kappa shape index (κ1) is 18.5. The lowest BCUT2D eigenvalue weighted by atomic mass is 10.1. The number of ether oxygens (including phenoxy) is 1. The number of hydrogen-bond acceptors (Lipinski definition) is 5. The van der Waals surface area contributed by atoms with Crippen molar-refractivity contribution in [2.45, 2.75) is 19.5 Å². The highest BCUT2D eigenvalue weighted by Crippen LogP contribution is 2.36. The van der Waals surface area contributed by atoms with Crippen LogP contribution in [0.2, 0.25) is 0 Å². The summed E-state index contributed by atoms with van der Waals surface area (Å²) >= 11 is 1.69. The third-order valence-electron chi connectivity index (χ3n) is 4.98. The second-order valence-corrected chi connectivity index (χ2v) is 7.84. The standard InChI is InChI=1S/C22H22N2O3S/c1-14(24(2)13-15-7-6-10-28-15)22(25)23-18-12-20-17(11-21(18)26-3)16-8-4-5-9-19(16)27-20/h4-12,14H,13H2,1-3H3,(H,23,25)/t14-/m0/s1. The third kappa shape index (κ3) is 3.48. The van der Waals surface area contributed by atoms with Crippen molar-refractivity contribution in [3.8, 4) is 5.75 Å². The molecule has 5 nitrogen and oxygen atoms in total. The van der Waals surface area contributed by atoms with Crippen LogP contribution in [-0.2, 0) is 11.3 Å². The molecule has 0 saturated carbocycles. The number of hydrogen-bond donors (Lipinski definition) is 1. The summed E-state index contributed by atoms with van der Waals surface area (Å²) in [5, 5.41) is 7.03. The summed E-state index contributed by atoms with van der Waals surface area (Å²) in [5.41, 5.74) is 2.14. The minimum absolute atomic E-state index is 0.0900. The van der Waals surface area contributed by atoms with Crippen molar-refractivity contribution in [2.75, 3.05) is 19.5 Å². The van der Waals surface area contributed by atoms with E-state index in [-0.39, 0.29) is 11.9 Å². The molecule has 0 aliphatic rings. The number of nitrogens with one attached hydrogen (secondary N) is 1. The Morgan fingerprint density at radius 1 is 1.18 bits per heavy atom.